The SMILES string of the molecule is Cc1ccc(CC(=O)N(CCC#N)Cc2ccco2)cc1. The molecular formula is C17H18N2O2. The van der Waals surface area contributed by atoms with Crippen molar-refractivity contribution < 1.29 is 9.21 Å². The van der Waals surface area contributed by atoms with Gasteiger partial charge in [0, 0.05) is 6.54 Å². The Bertz CT molecular complexity index is 609. The fourth-order valence-electron chi connectivity index (χ4n) is 2.06. The van der Waals surface area contributed by atoms with E-state index in [9.17, 15) is 4.79 Å². The highest BCUT2D eigenvalue weighted by Gasteiger charge is 2.15. The van der Waals surface area contributed by atoms with E-state index in [1.165, 1.54) is 5.56 Å². The van der Waals surface area contributed by atoms with Crippen molar-refractivity contribution in [1.82, 2.24) is 4.90 Å². The molecule has 1 aromatic carbocycles. The van der Waals surface area contributed by atoms with Gasteiger partial charge in [-0.15, -0.1) is 0 Å². The number of hydrogen-bond acceptors (Lipinski definition) is 3. The number of benzene rings is 1. The Morgan fingerprint density at radius 1 is 1.29 bits per heavy atom. The molecule has 0 aliphatic rings. The zero-order chi connectivity index (χ0) is 15.1. The summed E-state index contributed by atoms with van der Waals surface area (Å²) < 4.78 is 5.28. The first-order valence-electron chi connectivity index (χ1n) is 6.91. The maximum Gasteiger partial charge on any atom is 0.227 e. The van der Waals surface area contributed by atoms with Gasteiger partial charge < -0.3 is 9.32 Å². The molecule has 0 aliphatic heterocycles. The number of carbonyl (C=O) groups is 1. The van der Waals surface area contributed by atoms with Crippen LogP contribution in [0.5, 0.6) is 0 Å². The van der Waals surface area contributed by atoms with Crippen LogP contribution in [-0.4, -0.2) is 17.4 Å². The summed E-state index contributed by atoms with van der Waals surface area (Å²) in [4.78, 5) is 14.1. The molecule has 0 saturated heterocycles. The van der Waals surface area contributed by atoms with Crippen molar-refractivity contribution in [2.24, 2.45) is 0 Å². The van der Waals surface area contributed by atoms with Crippen LogP contribution in [0.2, 0.25) is 0 Å². The molecule has 0 saturated carbocycles. The topological polar surface area (TPSA) is 57.2 Å². The van der Waals surface area contributed by atoms with Crippen LogP contribution in [0.1, 0.15) is 23.3 Å². The summed E-state index contributed by atoms with van der Waals surface area (Å²) in [5.41, 5.74) is 2.15. The quantitative estimate of drug-likeness (QED) is 0.818. The van der Waals surface area contributed by atoms with Crippen molar-refractivity contribution in [2.75, 3.05) is 6.54 Å². The van der Waals surface area contributed by atoms with Crippen molar-refractivity contribution in [3.8, 4) is 6.07 Å². The summed E-state index contributed by atoms with van der Waals surface area (Å²) >= 11 is 0. The van der Waals surface area contributed by atoms with Gasteiger partial charge in [-0.1, -0.05) is 29.8 Å². The predicted octanol–water partition coefficient (Wildman–Crippen LogP) is 3.07. The second kappa shape index (κ2) is 7.30. The smallest absolute Gasteiger partial charge is 0.227 e. The molecule has 0 atom stereocenters. The van der Waals surface area contributed by atoms with Gasteiger partial charge in [-0.25, -0.2) is 0 Å². The summed E-state index contributed by atoms with van der Waals surface area (Å²) in [5, 5.41) is 8.73. The number of aryl methyl sites for hydroxylation is 1. The Hall–Kier alpha value is -2.54. The van der Waals surface area contributed by atoms with Crippen LogP contribution < -0.4 is 0 Å². The van der Waals surface area contributed by atoms with Crippen LogP contribution in [0.4, 0.5) is 0 Å². The van der Waals surface area contributed by atoms with Crippen molar-refractivity contribution in [3.05, 3.63) is 59.5 Å². The minimum Gasteiger partial charge on any atom is -0.467 e. The highest BCUT2D eigenvalue weighted by Crippen LogP contribution is 2.10. The zero-order valence-corrected chi connectivity index (χ0v) is 12.1. The second-order valence-electron chi connectivity index (χ2n) is 4.97. The van der Waals surface area contributed by atoms with E-state index in [0.29, 0.717) is 25.9 Å². The van der Waals surface area contributed by atoms with Crippen LogP contribution in [0.25, 0.3) is 0 Å². The number of hydrogen-bond donors (Lipinski definition) is 0. The molecule has 0 N–H and O–H groups in total. The van der Waals surface area contributed by atoms with E-state index in [1.54, 1.807) is 17.2 Å². The largest absolute Gasteiger partial charge is 0.467 e. The Balaban J connectivity index is 2.02. The number of nitrogens with zero attached hydrogens (tertiary/aromatic N) is 2. The number of nitriles is 1. The van der Waals surface area contributed by atoms with E-state index in [0.717, 1.165) is 11.3 Å². The lowest BCUT2D eigenvalue weighted by Crippen LogP contribution is -2.32. The summed E-state index contributed by atoms with van der Waals surface area (Å²) in [6.45, 7) is 2.84. The normalized spacial score (nSPS) is 10.1. The molecule has 4 nitrogen and oxygen atoms in total. The van der Waals surface area contributed by atoms with Gasteiger partial charge in [0.1, 0.15) is 5.76 Å². The molecule has 2 aromatic rings. The average molecular weight is 282 g/mol. The number of rotatable bonds is 6. The summed E-state index contributed by atoms with van der Waals surface area (Å²) in [7, 11) is 0. The molecule has 0 radical (unpaired) electrons. The lowest BCUT2D eigenvalue weighted by atomic mass is 10.1. The van der Waals surface area contributed by atoms with Crippen LogP contribution in [-0.2, 0) is 17.8 Å². The lowest BCUT2D eigenvalue weighted by Gasteiger charge is -2.20. The van der Waals surface area contributed by atoms with E-state index in [1.807, 2.05) is 37.3 Å². The molecule has 108 valence electrons. The van der Waals surface area contributed by atoms with Crippen molar-refractivity contribution >= 4 is 5.91 Å². The van der Waals surface area contributed by atoms with Crippen LogP contribution in [0.3, 0.4) is 0 Å². The van der Waals surface area contributed by atoms with Gasteiger partial charge in [0.2, 0.25) is 5.91 Å². The highest BCUT2D eigenvalue weighted by molar-refractivity contribution is 5.78. The minimum absolute atomic E-state index is 0.00510. The van der Waals surface area contributed by atoms with Gasteiger partial charge in [-0.3, -0.25) is 4.79 Å². The summed E-state index contributed by atoms with van der Waals surface area (Å²) in [6.07, 6.45) is 2.25. The minimum atomic E-state index is 0.00510. The van der Waals surface area contributed by atoms with E-state index < -0.39 is 0 Å². The second-order valence-corrected chi connectivity index (χ2v) is 4.97. The van der Waals surface area contributed by atoms with Gasteiger partial charge in [-0.05, 0) is 24.6 Å². The molecule has 2 rings (SSSR count). The number of furan rings is 1. The molecule has 0 aliphatic carbocycles. The molecule has 1 aromatic heterocycles. The van der Waals surface area contributed by atoms with Crippen LogP contribution in [0.15, 0.2) is 47.1 Å². The molecule has 4 heteroatoms. The molecule has 0 fully saturated rings. The fourth-order valence-corrected chi connectivity index (χ4v) is 2.06. The maximum atomic E-state index is 12.4. The zero-order valence-electron chi connectivity index (χ0n) is 12.1. The third-order valence-corrected chi connectivity index (χ3v) is 3.25. The molecule has 1 heterocycles. The molecule has 0 bridgehead atoms. The standard InChI is InChI=1S/C17H18N2O2/c1-14-5-7-15(8-6-14)12-17(20)19(10-3-9-18)13-16-4-2-11-21-16/h2,4-8,11H,3,10,12-13H2,1H3. The monoisotopic (exact) mass is 282 g/mol. The third kappa shape index (κ3) is 4.50. The van der Waals surface area contributed by atoms with E-state index >= 15 is 0 Å². The Kier molecular flexibility index (Phi) is 5.16. The third-order valence-electron chi connectivity index (χ3n) is 3.25. The van der Waals surface area contributed by atoms with Crippen molar-refractivity contribution in [3.63, 3.8) is 0 Å². The lowest BCUT2D eigenvalue weighted by molar-refractivity contribution is -0.131. The summed E-state index contributed by atoms with van der Waals surface area (Å²) in [6, 6.07) is 13.6. The maximum absolute atomic E-state index is 12.4. The first-order chi connectivity index (χ1) is 10.2. The molecular weight excluding hydrogens is 264 g/mol. The van der Waals surface area contributed by atoms with Crippen molar-refractivity contribution in [1.29, 1.82) is 5.26 Å². The van der Waals surface area contributed by atoms with E-state index in [2.05, 4.69) is 6.07 Å². The van der Waals surface area contributed by atoms with E-state index in [-0.39, 0.29) is 5.91 Å². The Morgan fingerprint density at radius 3 is 2.67 bits per heavy atom. The van der Waals surface area contributed by atoms with E-state index in [4.69, 9.17) is 9.68 Å². The van der Waals surface area contributed by atoms with Gasteiger partial charge in [-0.2, -0.15) is 5.26 Å². The fraction of sp³-hybridized carbons (Fsp3) is 0.294. The van der Waals surface area contributed by atoms with Gasteiger partial charge in [0.15, 0.2) is 0 Å². The Labute approximate surface area is 124 Å². The highest BCUT2D eigenvalue weighted by atomic mass is 16.3. The Morgan fingerprint density at radius 2 is 2.05 bits per heavy atom. The van der Waals surface area contributed by atoms with Crippen LogP contribution in [0, 0.1) is 18.3 Å². The first-order valence-corrected chi connectivity index (χ1v) is 6.91. The van der Waals surface area contributed by atoms with Crippen molar-refractivity contribution in [2.45, 2.75) is 26.3 Å². The average Bonchev–Trinajstić information content (AvgIpc) is 2.98. The molecule has 1 amide bonds. The number of carbonyl (C=O) groups excluding carboxylic acids is 1. The predicted molar refractivity (Wildman–Crippen MR) is 79.2 cm³/mol. The molecule has 21 heavy (non-hydrogen) atoms. The van der Waals surface area contributed by atoms with Gasteiger partial charge >= 0.3 is 0 Å². The number of amides is 1. The van der Waals surface area contributed by atoms with Crippen LogP contribution >= 0.6 is 0 Å². The molecule has 0 unspecified atom stereocenters. The molecule has 0 spiro atoms. The van der Waals surface area contributed by atoms with Gasteiger partial charge in [0.05, 0.1) is 31.7 Å². The summed E-state index contributed by atoms with van der Waals surface area (Å²) in [5.74, 6) is 0.732. The van der Waals surface area contributed by atoms with Gasteiger partial charge in [0.25, 0.3) is 0 Å². The first kappa shape index (κ1) is 14.9.